The molecule has 5 nitrogen and oxygen atoms in total. The van der Waals surface area contributed by atoms with Crippen LogP contribution in [0.1, 0.15) is 41.9 Å². The van der Waals surface area contributed by atoms with Crippen LogP contribution in [0, 0.1) is 29.0 Å². The molecule has 0 radical (unpaired) electrons. The molecule has 2 N–H and O–H groups in total. The van der Waals surface area contributed by atoms with Gasteiger partial charge in [-0.15, -0.1) is 0 Å². The van der Waals surface area contributed by atoms with E-state index in [1.54, 1.807) is 18.2 Å². The van der Waals surface area contributed by atoms with Crippen LogP contribution >= 0.6 is 15.9 Å². The third-order valence-corrected chi connectivity index (χ3v) is 6.30. The van der Waals surface area contributed by atoms with Crippen molar-refractivity contribution in [3.8, 4) is 6.07 Å². The second kappa shape index (κ2) is 9.28. The smallest absolute Gasteiger partial charge is 0.416 e. The van der Waals surface area contributed by atoms with Gasteiger partial charge in [0, 0.05) is 4.47 Å². The molecule has 3 unspecified atom stereocenters. The van der Waals surface area contributed by atoms with Gasteiger partial charge in [-0.25, -0.2) is 4.39 Å². The number of hydrogen-bond donors (Lipinski definition) is 2. The number of carbonyl (C=O) groups is 2. The SMILES string of the molecule is N#Cc1cc(C2CCCC(C(=O)Nc3ccc(C(F)(F)F)cc3F)C2C(=O)O)ccc1Br. The van der Waals surface area contributed by atoms with Gasteiger partial charge in [0.15, 0.2) is 0 Å². The fourth-order valence-corrected chi connectivity index (χ4v) is 4.42. The third kappa shape index (κ3) is 4.93. The lowest BCUT2D eigenvalue weighted by Crippen LogP contribution is -2.40. The lowest BCUT2D eigenvalue weighted by molar-refractivity contribution is -0.148. The number of benzene rings is 2. The molecule has 3 atom stereocenters. The van der Waals surface area contributed by atoms with Crippen LogP contribution in [0.15, 0.2) is 40.9 Å². The number of alkyl halides is 3. The van der Waals surface area contributed by atoms with E-state index in [9.17, 15) is 37.5 Å². The summed E-state index contributed by atoms with van der Waals surface area (Å²) in [6.07, 6.45) is -3.52. The van der Waals surface area contributed by atoms with E-state index in [1.165, 1.54) is 0 Å². The van der Waals surface area contributed by atoms with E-state index in [4.69, 9.17) is 0 Å². The van der Waals surface area contributed by atoms with Crippen molar-refractivity contribution in [2.45, 2.75) is 31.4 Å². The summed E-state index contributed by atoms with van der Waals surface area (Å²) >= 11 is 3.25. The van der Waals surface area contributed by atoms with Gasteiger partial charge in [0.1, 0.15) is 11.9 Å². The molecule has 0 bridgehead atoms. The molecular formula is C22H17BrF4N2O3. The van der Waals surface area contributed by atoms with Crippen molar-refractivity contribution in [3.05, 3.63) is 63.4 Å². The van der Waals surface area contributed by atoms with Gasteiger partial charge in [0.25, 0.3) is 0 Å². The first-order chi connectivity index (χ1) is 15.0. The molecule has 1 aliphatic carbocycles. The van der Waals surface area contributed by atoms with Crippen LogP contribution < -0.4 is 5.32 Å². The molecule has 2 aromatic carbocycles. The summed E-state index contributed by atoms with van der Waals surface area (Å²) in [5.74, 6) is -5.99. The Morgan fingerprint density at radius 1 is 1.16 bits per heavy atom. The molecule has 0 spiro atoms. The van der Waals surface area contributed by atoms with Crippen molar-refractivity contribution >= 4 is 33.5 Å². The van der Waals surface area contributed by atoms with Gasteiger partial charge in [0.05, 0.1) is 28.7 Å². The number of halogens is 5. The number of carboxylic acids is 1. The average molecular weight is 513 g/mol. The Balaban J connectivity index is 1.87. The van der Waals surface area contributed by atoms with Crippen LogP contribution in [0.25, 0.3) is 0 Å². The highest BCUT2D eigenvalue weighted by atomic mass is 79.9. The van der Waals surface area contributed by atoms with Crippen LogP contribution in [0.5, 0.6) is 0 Å². The summed E-state index contributed by atoms with van der Waals surface area (Å²) in [7, 11) is 0. The first-order valence-electron chi connectivity index (χ1n) is 9.63. The van der Waals surface area contributed by atoms with Crippen molar-refractivity contribution in [3.63, 3.8) is 0 Å². The van der Waals surface area contributed by atoms with Crippen molar-refractivity contribution in [1.29, 1.82) is 5.26 Å². The summed E-state index contributed by atoms with van der Waals surface area (Å²) in [6.45, 7) is 0. The fourth-order valence-electron chi connectivity index (χ4n) is 4.09. The molecule has 2 aromatic rings. The number of nitriles is 1. The molecule has 0 aromatic heterocycles. The molecule has 10 heteroatoms. The Morgan fingerprint density at radius 3 is 2.47 bits per heavy atom. The zero-order valence-electron chi connectivity index (χ0n) is 16.4. The lowest BCUT2D eigenvalue weighted by Gasteiger charge is -2.35. The first kappa shape index (κ1) is 23.7. The quantitative estimate of drug-likeness (QED) is 0.514. The second-order valence-corrected chi connectivity index (χ2v) is 8.39. The molecule has 3 rings (SSSR count). The average Bonchev–Trinajstić information content (AvgIpc) is 2.74. The monoisotopic (exact) mass is 512 g/mol. The zero-order chi connectivity index (χ0) is 23.6. The number of aliphatic carboxylic acids is 1. The predicted octanol–water partition coefficient (Wildman–Crippen LogP) is 5.70. The van der Waals surface area contributed by atoms with Crippen LogP contribution in [-0.2, 0) is 15.8 Å². The minimum atomic E-state index is -4.73. The van der Waals surface area contributed by atoms with E-state index >= 15 is 0 Å². The molecule has 0 saturated heterocycles. The standard InChI is InChI=1S/C22H17BrF4N2O3/c23-16-6-4-11(8-12(16)10-28)14-2-1-3-15(19(14)21(31)32)20(30)29-18-7-5-13(9-17(18)24)22(25,26)27/h4-9,14-15,19H,1-3H2,(H,29,30)(H,31,32). The second-order valence-electron chi connectivity index (χ2n) is 7.54. The molecule has 1 saturated carbocycles. The molecule has 1 fully saturated rings. The molecule has 0 aliphatic heterocycles. The maximum absolute atomic E-state index is 14.2. The summed E-state index contributed by atoms with van der Waals surface area (Å²) in [5, 5.41) is 21.4. The van der Waals surface area contributed by atoms with Crippen molar-refractivity contribution < 1.29 is 32.3 Å². The van der Waals surface area contributed by atoms with E-state index < -0.39 is 52.9 Å². The lowest BCUT2D eigenvalue weighted by atomic mass is 9.69. The molecule has 1 amide bonds. The summed E-state index contributed by atoms with van der Waals surface area (Å²) < 4.78 is 52.9. The Bertz CT molecular complexity index is 1100. The molecule has 32 heavy (non-hydrogen) atoms. The van der Waals surface area contributed by atoms with Crippen molar-refractivity contribution in [2.75, 3.05) is 5.32 Å². The van der Waals surface area contributed by atoms with Crippen molar-refractivity contribution in [2.24, 2.45) is 11.8 Å². The van der Waals surface area contributed by atoms with Gasteiger partial charge in [-0.05, 0) is 70.6 Å². The summed E-state index contributed by atoms with van der Waals surface area (Å²) in [6, 6.07) is 8.62. The normalized spacial score (nSPS) is 20.9. The third-order valence-electron chi connectivity index (χ3n) is 5.61. The highest BCUT2D eigenvalue weighted by molar-refractivity contribution is 9.10. The predicted molar refractivity (Wildman–Crippen MR) is 110 cm³/mol. The zero-order valence-corrected chi connectivity index (χ0v) is 18.0. The Kier molecular flexibility index (Phi) is 6.88. The Labute approximate surface area is 189 Å². The van der Waals surface area contributed by atoms with Crippen molar-refractivity contribution in [1.82, 2.24) is 0 Å². The van der Waals surface area contributed by atoms with E-state index in [-0.39, 0.29) is 12.5 Å². The summed E-state index contributed by atoms with van der Waals surface area (Å²) in [5.41, 5.74) is -0.734. The molecular weight excluding hydrogens is 496 g/mol. The largest absolute Gasteiger partial charge is 0.481 e. The number of hydrogen-bond acceptors (Lipinski definition) is 3. The van der Waals surface area contributed by atoms with Crippen LogP contribution in [0.4, 0.5) is 23.2 Å². The van der Waals surface area contributed by atoms with E-state index in [0.29, 0.717) is 34.5 Å². The Hall–Kier alpha value is -2.93. The minimum absolute atomic E-state index is 0.225. The van der Waals surface area contributed by atoms with Gasteiger partial charge in [0.2, 0.25) is 5.91 Å². The van der Waals surface area contributed by atoms with E-state index in [1.807, 2.05) is 6.07 Å². The van der Waals surface area contributed by atoms with Crippen LogP contribution in [0.3, 0.4) is 0 Å². The maximum Gasteiger partial charge on any atom is 0.416 e. The minimum Gasteiger partial charge on any atom is -0.481 e. The number of rotatable bonds is 4. The number of carbonyl (C=O) groups excluding carboxylic acids is 1. The number of anilines is 1. The van der Waals surface area contributed by atoms with Gasteiger partial charge >= 0.3 is 12.1 Å². The van der Waals surface area contributed by atoms with E-state index in [2.05, 4.69) is 21.2 Å². The Morgan fingerprint density at radius 2 is 1.88 bits per heavy atom. The van der Waals surface area contributed by atoms with E-state index in [0.717, 1.165) is 6.07 Å². The first-order valence-corrected chi connectivity index (χ1v) is 10.4. The molecule has 168 valence electrons. The number of carboxylic acid groups (broad SMARTS) is 1. The van der Waals surface area contributed by atoms with Gasteiger partial charge in [-0.3, -0.25) is 9.59 Å². The molecule has 0 heterocycles. The van der Waals surface area contributed by atoms with Gasteiger partial charge in [-0.2, -0.15) is 18.4 Å². The molecule has 1 aliphatic rings. The summed E-state index contributed by atoms with van der Waals surface area (Å²) in [4.78, 5) is 24.9. The number of amides is 1. The van der Waals surface area contributed by atoms with Crippen LogP contribution in [-0.4, -0.2) is 17.0 Å². The van der Waals surface area contributed by atoms with Crippen LogP contribution in [0.2, 0.25) is 0 Å². The van der Waals surface area contributed by atoms with Gasteiger partial charge < -0.3 is 10.4 Å². The fraction of sp³-hybridized carbons (Fsp3) is 0.318. The topological polar surface area (TPSA) is 90.2 Å². The highest BCUT2D eigenvalue weighted by Crippen LogP contribution is 2.43. The highest BCUT2D eigenvalue weighted by Gasteiger charge is 2.43. The van der Waals surface area contributed by atoms with Gasteiger partial charge in [-0.1, -0.05) is 12.5 Å². The number of nitrogens with zero attached hydrogens (tertiary/aromatic N) is 1. The number of nitrogens with one attached hydrogen (secondary N) is 1. The maximum atomic E-state index is 14.2.